The van der Waals surface area contributed by atoms with Crippen LogP contribution in [0.25, 0.3) is 0 Å². The molecule has 0 heterocycles. The SMILES string of the molecule is COC(=O)[C@@H](NC(=O)C(Br)C(C)C)C(C)C. The van der Waals surface area contributed by atoms with E-state index in [1.165, 1.54) is 7.11 Å². The molecule has 0 aromatic rings. The summed E-state index contributed by atoms with van der Waals surface area (Å²) in [5.41, 5.74) is 0. The van der Waals surface area contributed by atoms with Gasteiger partial charge < -0.3 is 10.1 Å². The van der Waals surface area contributed by atoms with Gasteiger partial charge in [0, 0.05) is 0 Å². The van der Waals surface area contributed by atoms with Crippen LogP contribution in [0.3, 0.4) is 0 Å². The molecule has 16 heavy (non-hydrogen) atoms. The summed E-state index contributed by atoms with van der Waals surface area (Å²) in [6, 6.07) is -0.587. The van der Waals surface area contributed by atoms with Gasteiger partial charge in [-0.05, 0) is 11.8 Å². The van der Waals surface area contributed by atoms with E-state index < -0.39 is 12.0 Å². The first-order chi connectivity index (χ1) is 7.31. The van der Waals surface area contributed by atoms with Crippen LogP contribution in [-0.4, -0.2) is 29.9 Å². The number of ether oxygens (including phenoxy) is 1. The molecule has 2 atom stereocenters. The molecule has 0 bridgehead atoms. The molecule has 0 saturated heterocycles. The zero-order valence-electron chi connectivity index (χ0n) is 10.4. The molecular formula is C11H20BrNO3. The maximum Gasteiger partial charge on any atom is 0.328 e. The minimum absolute atomic E-state index is 0.00302. The zero-order chi connectivity index (χ0) is 12.9. The molecule has 1 amide bonds. The van der Waals surface area contributed by atoms with Crippen molar-refractivity contribution in [3.05, 3.63) is 0 Å². The average Bonchev–Trinajstić information content (AvgIpc) is 2.22. The molecule has 0 saturated carbocycles. The summed E-state index contributed by atoms with van der Waals surface area (Å²) in [4.78, 5) is 22.9. The molecule has 0 spiro atoms. The van der Waals surface area contributed by atoms with Crippen molar-refractivity contribution in [1.29, 1.82) is 0 Å². The Bertz CT molecular complexity index is 254. The Hall–Kier alpha value is -0.580. The van der Waals surface area contributed by atoms with Crippen molar-refractivity contribution in [2.45, 2.75) is 38.6 Å². The highest BCUT2D eigenvalue weighted by Crippen LogP contribution is 2.13. The van der Waals surface area contributed by atoms with Crippen LogP contribution in [0.2, 0.25) is 0 Å². The summed E-state index contributed by atoms with van der Waals surface area (Å²) in [5, 5.41) is 2.69. The standard InChI is InChI=1S/C11H20BrNO3/c1-6(2)8(12)10(14)13-9(7(3)4)11(15)16-5/h6-9H,1-5H3,(H,13,14)/t8?,9-/m0/s1. The molecular weight excluding hydrogens is 274 g/mol. The molecule has 5 heteroatoms. The van der Waals surface area contributed by atoms with Gasteiger partial charge in [0.15, 0.2) is 0 Å². The molecule has 1 unspecified atom stereocenters. The van der Waals surface area contributed by atoms with Crippen LogP contribution in [0.4, 0.5) is 0 Å². The van der Waals surface area contributed by atoms with Crippen LogP contribution in [0.5, 0.6) is 0 Å². The van der Waals surface area contributed by atoms with Crippen LogP contribution in [-0.2, 0) is 14.3 Å². The quantitative estimate of drug-likeness (QED) is 0.620. The number of methoxy groups -OCH3 is 1. The zero-order valence-corrected chi connectivity index (χ0v) is 12.0. The van der Waals surface area contributed by atoms with Crippen LogP contribution >= 0.6 is 15.9 Å². The van der Waals surface area contributed by atoms with Crippen molar-refractivity contribution in [3.63, 3.8) is 0 Å². The topological polar surface area (TPSA) is 55.4 Å². The van der Waals surface area contributed by atoms with E-state index in [0.29, 0.717) is 0 Å². The maximum absolute atomic E-state index is 11.8. The summed E-state index contributed by atoms with van der Waals surface area (Å²) < 4.78 is 4.65. The summed E-state index contributed by atoms with van der Waals surface area (Å²) in [5.74, 6) is -0.417. The number of hydrogen-bond donors (Lipinski definition) is 1. The van der Waals surface area contributed by atoms with Crippen molar-refractivity contribution >= 4 is 27.8 Å². The lowest BCUT2D eigenvalue weighted by Gasteiger charge is -2.22. The number of carbonyl (C=O) groups excluding carboxylic acids is 2. The molecule has 0 aliphatic rings. The second-order valence-electron chi connectivity index (χ2n) is 4.40. The molecule has 0 aromatic heterocycles. The highest BCUT2D eigenvalue weighted by molar-refractivity contribution is 9.10. The number of carbonyl (C=O) groups is 2. The number of esters is 1. The van der Waals surface area contributed by atoms with Gasteiger partial charge in [-0.15, -0.1) is 0 Å². The van der Waals surface area contributed by atoms with Crippen molar-refractivity contribution in [3.8, 4) is 0 Å². The molecule has 0 rings (SSSR count). The lowest BCUT2D eigenvalue weighted by atomic mass is 10.0. The number of amides is 1. The van der Waals surface area contributed by atoms with Crippen LogP contribution in [0.15, 0.2) is 0 Å². The third kappa shape index (κ3) is 4.51. The normalized spacial score (nSPS) is 14.8. The van der Waals surface area contributed by atoms with E-state index in [4.69, 9.17) is 0 Å². The minimum atomic E-state index is -0.587. The highest BCUT2D eigenvalue weighted by Gasteiger charge is 2.28. The molecule has 4 nitrogen and oxygen atoms in total. The van der Waals surface area contributed by atoms with E-state index in [0.717, 1.165) is 0 Å². The average molecular weight is 294 g/mol. The van der Waals surface area contributed by atoms with Crippen LogP contribution in [0, 0.1) is 11.8 Å². The van der Waals surface area contributed by atoms with Gasteiger partial charge in [-0.3, -0.25) is 4.79 Å². The Morgan fingerprint density at radius 3 is 1.94 bits per heavy atom. The number of alkyl halides is 1. The van der Waals surface area contributed by atoms with E-state index in [1.807, 2.05) is 27.7 Å². The Kier molecular flexibility index (Phi) is 6.64. The number of nitrogens with one attached hydrogen (secondary N) is 1. The molecule has 0 fully saturated rings. The molecule has 0 aliphatic heterocycles. The van der Waals surface area contributed by atoms with Gasteiger partial charge in [0.25, 0.3) is 0 Å². The highest BCUT2D eigenvalue weighted by atomic mass is 79.9. The van der Waals surface area contributed by atoms with E-state index in [2.05, 4.69) is 26.0 Å². The molecule has 0 aliphatic carbocycles. The van der Waals surface area contributed by atoms with Gasteiger partial charge >= 0.3 is 5.97 Å². The second-order valence-corrected chi connectivity index (χ2v) is 5.39. The van der Waals surface area contributed by atoms with Crippen molar-refractivity contribution in [2.24, 2.45) is 11.8 Å². The van der Waals surface area contributed by atoms with Gasteiger partial charge in [-0.25, -0.2) is 4.79 Å². The summed E-state index contributed by atoms with van der Waals surface area (Å²) in [6.45, 7) is 7.59. The fraction of sp³-hybridized carbons (Fsp3) is 0.818. The Labute approximate surface area is 105 Å². The largest absolute Gasteiger partial charge is 0.467 e. The van der Waals surface area contributed by atoms with E-state index in [9.17, 15) is 9.59 Å². The van der Waals surface area contributed by atoms with E-state index in [1.54, 1.807) is 0 Å². The van der Waals surface area contributed by atoms with Gasteiger partial charge in [0.05, 0.1) is 11.9 Å². The molecule has 0 aromatic carbocycles. The van der Waals surface area contributed by atoms with Gasteiger partial charge in [0.1, 0.15) is 6.04 Å². The molecule has 94 valence electrons. The predicted octanol–water partition coefficient (Wildman–Crippen LogP) is 1.72. The van der Waals surface area contributed by atoms with Crippen LogP contribution < -0.4 is 5.32 Å². The fourth-order valence-electron chi connectivity index (χ4n) is 1.16. The van der Waals surface area contributed by atoms with E-state index >= 15 is 0 Å². The van der Waals surface area contributed by atoms with Gasteiger partial charge in [0.2, 0.25) is 5.91 Å². The summed E-state index contributed by atoms with van der Waals surface area (Å²) >= 11 is 3.29. The number of hydrogen-bond acceptors (Lipinski definition) is 3. The van der Waals surface area contributed by atoms with Crippen molar-refractivity contribution in [1.82, 2.24) is 5.32 Å². The third-order valence-electron chi connectivity index (χ3n) is 2.26. The minimum Gasteiger partial charge on any atom is -0.467 e. The fourth-order valence-corrected chi connectivity index (χ4v) is 1.29. The summed E-state index contributed by atoms with van der Waals surface area (Å²) in [7, 11) is 1.32. The Balaban J connectivity index is 4.53. The smallest absolute Gasteiger partial charge is 0.328 e. The van der Waals surface area contributed by atoms with Crippen LogP contribution in [0.1, 0.15) is 27.7 Å². The third-order valence-corrected chi connectivity index (χ3v) is 3.73. The van der Waals surface area contributed by atoms with E-state index in [-0.39, 0.29) is 22.6 Å². The van der Waals surface area contributed by atoms with Gasteiger partial charge in [-0.2, -0.15) is 0 Å². The first-order valence-corrected chi connectivity index (χ1v) is 6.25. The summed E-state index contributed by atoms with van der Waals surface area (Å²) in [6.07, 6.45) is 0. The Morgan fingerprint density at radius 1 is 1.12 bits per heavy atom. The first kappa shape index (κ1) is 15.4. The monoisotopic (exact) mass is 293 g/mol. The number of halogens is 1. The number of rotatable bonds is 5. The van der Waals surface area contributed by atoms with Crippen molar-refractivity contribution < 1.29 is 14.3 Å². The lowest BCUT2D eigenvalue weighted by Crippen LogP contribution is -2.48. The van der Waals surface area contributed by atoms with Crippen molar-refractivity contribution in [2.75, 3.05) is 7.11 Å². The predicted molar refractivity (Wildman–Crippen MR) is 66.3 cm³/mol. The first-order valence-electron chi connectivity index (χ1n) is 5.33. The lowest BCUT2D eigenvalue weighted by molar-refractivity contribution is -0.146. The second kappa shape index (κ2) is 6.89. The van der Waals surface area contributed by atoms with Gasteiger partial charge in [-0.1, -0.05) is 43.6 Å². The Morgan fingerprint density at radius 2 is 1.62 bits per heavy atom. The molecule has 1 N–H and O–H groups in total. The molecule has 0 radical (unpaired) electrons. The maximum atomic E-state index is 11.8.